The smallest absolute Gasteiger partial charge is 0.409 e. The zero-order chi connectivity index (χ0) is 22.8. The number of pyridine rings is 1. The molecule has 2 heterocycles. The first kappa shape index (κ1) is 24.1. The van der Waals surface area contributed by atoms with Gasteiger partial charge in [0.2, 0.25) is 5.91 Å². The molecule has 172 valence electrons. The van der Waals surface area contributed by atoms with Gasteiger partial charge in [0.1, 0.15) is 0 Å². The molecule has 7 nitrogen and oxygen atoms in total. The van der Waals surface area contributed by atoms with E-state index < -0.39 is 0 Å². The van der Waals surface area contributed by atoms with Gasteiger partial charge in [-0.25, -0.2) is 9.78 Å². The molecule has 1 N–H and O–H groups in total. The summed E-state index contributed by atoms with van der Waals surface area (Å²) >= 11 is 1.66. The highest BCUT2D eigenvalue weighted by Gasteiger charge is 2.21. The first-order valence-corrected chi connectivity index (χ1v) is 12.0. The number of carbonyl (C=O) groups excluding carboxylic acids is 2. The number of benzene rings is 1. The summed E-state index contributed by atoms with van der Waals surface area (Å²) in [5, 5.41) is 3.98. The Bertz CT molecular complexity index is 879. The van der Waals surface area contributed by atoms with Crippen molar-refractivity contribution in [2.24, 2.45) is 5.92 Å². The lowest BCUT2D eigenvalue weighted by Gasteiger charge is -2.21. The Morgan fingerprint density at radius 3 is 2.78 bits per heavy atom. The number of aromatic nitrogens is 1. The minimum atomic E-state index is -0.259. The van der Waals surface area contributed by atoms with Gasteiger partial charge in [0, 0.05) is 43.8 Å². The van der Waals surface area contributed by atoms with E-state index in [9.17, 15) is 9.59 Å². The highest BCUT2D eigenvalue weighted by Crippen LogP contribution is 2.22. The summed E-state index contributed by atoms with van der Waals surface area (Å²) in [6.07, 6.45) is 2.35. The van der Waals surface area contributed by atoms with Crippen molar-refractivity contribution in [3.05, 3.63) is 54.2 Å². The lowest BCUT2D eigenvalue weighted by molar-refractivity contribution is -0.117. The number of hydrogen-bond acceptors (Lipinski definition) is 6. The van der Waals surface area contributed by atoms with Gasteiger partial charge in [-0.05, 0) is 42.2 Å². The van der Waals surface area contributed by atoms with Crippen LogP contribution in [0.2, 0.25) is 0 Å². The van der Waals surface area contributed by atoms with Crippen molar-refractivity contribution in [2.75, 3.05) is 44.6 Å². The van der Waals surface area contributed by atoms with E-state index in [0.29, 0.717) is 38.7 Å². The third kappa shape index (κ3) is 8.16. The SMILES string of the molecule is CC(C)COC(=O)N1CCCN(CC(=O)Nc2cccc(CSc3ccccn3)c2)CC1. The second-order valence-corrected chi connectivity index (χ2v) is 9.29. The molecule has 2 amide bonds. The minimum Gasteiger partial charge on any atom is -0.449 e. The standard InChI is InChI=1S/C24H32N4O3S/c1-19(2)17-31-24(30)28-12-6-11-27(13-14-28)16-22(29)26-21-8-5-7-20(15-21)18-32-23-9-3-4-10-25-23/h3-5,7-10,15,19H,6,11-14,16-18H2,1-2H3,(H,26,29). The Labute approximate surface area is 194 Å². The largest absolute Gasteiger partial charge is 0.449 e. The topological polar surface area (TPSA) is 74.8 Å². The number of ether oxygens (including phenoxy) is 1. The summed E-state index contributed by atoms with van der Waals surface area (Å²) in [7, 11) is 0. The Morgan fingerprint density at radius 2 is 2.00 bits per heavy atom. The molecule has 0 bridgehead atoms. The van der Waals surface area contributed by atoms with E-state index in [0.717, 1.165) is 35.0 Å². The molecule has 0 saturated carbocycles. The predicted octanol–water partition coefficient (Wildman–Crippen LogP) is 4.11. The van der Waals surface area contributed by atoms with Gasteiger partial charge in [-0.15, -0.1) is 11.8 Å². The van der Waals surface area contributed by atoms with Gasteiger partial charge in [-0.1, -0.05) is 32.0 Å². The third-order valence-corrected chi connectivity index (χ3v) is 6.00. The van der Waals surface area contributed by atoms with E-state index in [1.807, 2.05) is 56.3 Å². The van der Waals surface area contributed by atoms with Crippen LogP contribution in [0.15, 0.2) is 53.7 Å². The van der Waals surface area contributed by atoms with Crippen LogP contribution in [0.5, 0.6) is 0 Å². The van der Waals surface area contributed by atoms with E-state index in [1.54, 1.807) is 22.9 Å². The predicted molar refractivity (Wildman–Crippen MR) is 128 cm³/mol. The molecule has 2 aromatic rings. The second kappa shape index (κ2) is 12.5. The average molecular weight is 457 g/mol. The van der Waals surface area contributed by atoms with Gasteiger partial charge in [0.15, 0.2) is 0 Å². The lowest BCUT2D eigenvalue weighted by Crippen LogP contribution is -2.38. The molecule has 3 rings (SSSR count). The van der Waals surface area contributed by atoms with Crippen LogP contribution in [-0.2, 0) is 15.3 Å². The maximum absolute atomic E-state index is 12.6. The summed E-state index contributed by atoms with van der Waals surface area (Å²) in [5.74, 6) is 1.06. The number of thioether (sulfide) groups is 1. The first-order chi connectivity index (χ1) is 15.5. The summed E-state index contributed by atoms with van der Waals surface area (Å²) in [4.78, 5) is 33.0. The molecular weight excluding hydrogens is 424 g/mol. The molecule has 1 aliphatic heterocycles. The van der Waals surface area contributed by atoms with Crippen LogP contribution in [0.4, 0.5) is 10.5 Å². The summed E-state index contributed by atoms with van der Waals surface area (Å²) in [6, 6.07) is 13.8. The van der Waals surface area contributed by atoms with Crippen molar-refractivity contribution in [3.63, 3.8) is 0 Å². The van der Waals surface area contributed by atoms with Crippen LogP contribution >= 0.6 is 11.8 Å². The zero-order valence-electron chi connectivity index (χ0n) is 18.8. The van der Waals surface area contributed by atoms with Crippen molar-refractivity contribution in [2.45, 2.75) is 31.0 Å². The van der Waals surface area contributed by atoms with Gasteiger partial charge < -0.3 is 15.0 Å². The maximum atomic E-state index is 12.6. The number of carbonyl (C=O) groups is 2. The Hall–Kier alpha value is -2.58. The number of hydrogen-bond donors (Lipinski definition) is 1. The normalized spacial score (nSPS) is 14.8. The summed E-state index contributed by atoms with van der Waals surface area (Å²) < 4.78 is 5.34. The quantitative estimate of drug-likeness (QED) is 0.603. The molecule has 1 fully saturated rings. The monoisotopic (exact) mass is 456 g/mol. The molecule has 0 atom stereocenters. The van der Waals surface area contributed by atoms with Gasteiger partial charge in [0.05, 0.1) is 18.2 Å². The number of nitrogens with one attached hydrogen (secondary N) is 1. The van der Waals surface area contributed by atoms with Gasteiger partial charge in [-0.3, -0.25) is 9.69 Å². The van der Waals surface area contributed by atoms with E-state index in [-0.39, 0.29) is 12.0 Å². The van der Waals surface area contributed by atoms with Gasteiger partial charge in [0.25, 0.3) is 0 Å². The summed E-state index contributed by atoms with van der Waals surface area (Å²) in [6.45, 7) is 7.45. The number of rotatable bonds is 8. The molecule has 0 radical (unpaired) electrons. The average Bonchev–Trinajstić information content (AvgIpc) is 3.02. The van der Waals surface area contributed by atoms with E-state index in [1.165, 1.54) is 0 Å². The molecule has 0 spiro atoms. The molecule has 8 heteroatoms. The molecule has 1 aromatic carbocycles. The highest BCUT2D eigenvalue weighted by atomic mass is 32.2. The van der Waals surface area contributed by atoms with Crippen molar-refractivity contribution in [1.82, 2.24) is 14.8 Å². The molecule has 0 aliphatic carbocycles. The highest BCUT2D eigenvalue weighted by molar-refractivity contribution is 7.98. The molecule has 0 unspecified atom stereocenters. The lowest BCUT2D eigenvalue weighted by atomic mass is 10.2. The van der Waals surface area contributed by atoms with Crippen LogP contribution in [-0.4, -0.2) is 66.1 Å². The molecule has 1 aliphatic rings. The Kier molecular flexibility index (Phi) is 9.37. The number of nitrogens with zero attached hydrogens (tertiary/aromatic N) is 3. The Morgan fingerprint density at radius 1 is 1.12 bits per heavy atom. The fourth-order valence-electron chi connectivity index (χ4n) is 3.37. The van der Waals surface area contributed by atoms with Crippen LogP contribution in [0.25, 0.3) is 0 Å². The number of anilines is 1. The van der Waals surface area contributed by atoms with E-state index >= 15 is 0 Å². The Balaban J connectivity index is 1.44. The summed E-state index contributed by atoms with van der Waals surface area (Å²) in [5.41, 5.74) is 1.92. The van der Waals surface area contributed by atoms with Gasteiger partial charge >= 0.3 is 6.09 Å². The van der Waals surface area contributed by atoms with Crippen molar-refractivity contribution in [3.8, 4) is 0 Å². The fourth-order valence-corrected chi connectivity index (χ4v) is 4.18. The molecular formula is C24H32N4O3S. The van der Waals surface area contributed by atoms with Crippen molar-refractivity contribution >= 4 is 29.4 Å². The minimum absolute atomic E-state index is 0.0460. The number of amides is 2. The van der Waals surface area contributed by atoms with Crippen molar-refractivity contribution in [1.29, 1.82) is 0 Å². The van der Waals surface area contributed by atoms with Crippen LogP contribution < -0.4 is 5.32 Å². The first-order valence-electron chi connectivity index (χ1n) is 11.1. The van der Waals surface area contributed by atoms with Crippen molar-refractivity contribution < 1.29 is 14.3 Å². The van der Waals surface area contributed by atoms with Crippen LogP contribution in [0, 0.1) is 5.92 Å². The maximum Gasteiger partial charge on any atom is 0.409 e. The van der Waals surface area contributed by atoms with E-state index in [2.05, 4.69) is 15.2 Å². The fraction of sp³-hybridized carbons (Fsp3) is 0.458. The van der Waals surface area contributed by atoms with Gasteiger partial charge in [-0.2, -0.15) is 0 Å². The molecule has 1 saturated heterocycles. The second-order valence-electron chi connectivity index (χ2n) is 8.29. The van der Waals surface area contributed by atoms with E-state index in [4.69, 9.17) is 4.74 Å². The third-order valence-electron chi connectivity index (χ3n) is 4.99. The van der Waals surface area contributed by atoms with Crippen LogP contribution in [0.1, 0.15) is 25.8 Å². The molecule has 32 heavy (non-hydrogen) atoms. The van der Waals surface area contributed by atoms with Crippen LogP contribution in [0.3, 0.4) is 0 Å². The zero-order valence-corrected chi connectivity index (χ0v) is 19.6. The molecule has 1 aromatic heterocycles.